The van der Waals surface area contributed by atoms with Crippen molar-refractivity contribution in [3.8, 4) is 11.6 Å². The number of nitrogens with one attached hydrogen (secondary N) is 2. The third-order valence-electron chi connectivity index (χ3n) is 5.77. The summed E-state index contributed by atoms with van der Waals surface area (Å²) in [5.74, 6) is -4.78. The second-order valence-electron chi connectivity index (χ2n) is 8.43. The molecule has 2 N–H and O–H groups in total. The number of hydrogen-bond donors (Lipinski definition) is 2. The molecule has 1 aromatic heterocycles. The lowest BCUT2D eigenvalue weighted by Crippen LogP contribution is -2.54. The van der Waals surface area contributed by atoms with Gasteiger partial charge in [-0.25, -0.2) is 36.1 Å². The molecule has 4 bridgehead atoms. The third kappa shape index (κ3) is 4.66. The van der Waals surface area contributed by atoms with Gasteiger partial charge >= 0.3 is 6.03 Å². The number of rotatable bonds is 3. The minimum Gasteiger partial charge on any atom is -0.434 e. The molecule has 2 aromatic rings. The van der Waals surface area contributed by atoms with Gasteiger partial charge in [0.2, 0.25) is 15.9 Å². The van der Waals surface area contributed by atoms with Crippen LogP contribution in [0.5, 0.6) is 11.6 Å². The van der Waals surface area contributed by atoms with Crippen LogP contribution in [0.4, 0.5) is 18.0 Å². The van der Waals surface area contributed by atoms with Crippen LogP contribution in [0.15, 0.2) is 30.3 Å². The molecule has 1 aromatic carbocycles. The molecular formula is C21H22ClF3N4O4S. The Kier molecular flexibility index (Phi) is 6.42. The SMILES string of the molecule is CC(C)S(=O)(=O)N[C@@H]1[C@@H]2Cc3cccc(c3F)Oc3nc(ccc3Cl)CNC(=O)N2CC1(F)F. The monoisotopic (exact) mass is 518 g/mol. The molecule has 2 atom stereocenters. The quantitative estimate of drug-likeness (QED) is 0.648. The van der Waals surface area contributed by atoms with Gasteiger partial charge in [0, 0.05) is 0 Å². The van der Waals surface area contributed by atoms with E-state index >= 15 is 13.2 Å². The molecule has 0 saturated carbocycles. The van der Waals surface area contributed by atoms with E-state index in [2.05, 4.69) is 10.3 Å². The smallest absolute Gasteiger partial charge is 0.318 e. The molecule has 0 unspecified atom stereocenters. The Balaban J connectivity index is 1.81. The van der Waals surface area contributed by atoms with Gasteiger partial charge in [-0.05, 0) is 44.0 Å². The molecule has 2 aliphatic heterocycles. The first-order chi connectivity index (χ1) is 15.9. The Morgan fingerprint density at radius 1 is 1.29 bits per heavy atom. The molecule has 184 valence electrons. The number of hydrogen-bond acceptors (Lipinski definition) is 5. The molecule has 1 saturated heterocycles. The zero-order chi connectivity index (χ0) is 24.8. The summed E-state index contributed by atoms with van der Waals surface area (Å²) < 4.78 is 78.0. The summed E-state index contributed by atoms with van der Waals surface area (Å²) in [6.45, 7) is 1.49. The summed E-state index contributed by atoms with van der Waals surface area (Å²) in [6.07, 6.45) is -0.393. The number of alkyl halides is 2. The number of fused-ring (bicyclic) bond motifs is 5. The van der Waals surface area contributed by atoms with Crippen molar-refractivity contribution in [2.24, 2.45) is 0 Å². The second kappa shape index (κ2) is 8.90. The highest BCUT2D eigenvalue weighted by molar-refractivity contribution is 7.90. The fraction of sp³-hybridized carbons (Fsp3) is 0.429. The summed E-state index contributed by atoms with van der Waals surface area (Å²) in [6, 6.07) is 2.87. The number of benzene rings is 1. The van der Waals surface area contributed by atoms with Crippen molar-refractivity contribution in [1.29, 1.82) is 0 Å². The maximum absolute atomic E-state index is 15.3. The topological polar surface area (TPSA) is 101 Å². The average molecular weight is 519 g/mol. The Morgan fingerprint density at radius 2 is 2.03 bits per heavy atom. The van der Waals surface area contributed by atoms with Crippen molar-refractivity contribution >= 4 is 27.7 Å². The van der Waals surface area contributed by atoms with Crippen LogP contribution >= 0.6 is 11.6 Å². The first-order valence-corrected chi connectivity index (χ1v) is 12.4. The van der Waals surface area contributed by atoms with Gasteiger partial charge in [-0.2, -0.15) is 0 Å². The van der Waals surface area contributed by atoms with Crippen LogP contribution in [-0.4, -0.2) is 54.1 Å². The van der Waals surface area contributed by atoms with Gasteiger partial charge < -0.3 is 15.0 Å². The number of urea groups is 1. The Bertz CT molecular complexity index is 1230. The van der Waals surface area contributed by atoms with E-state index in [9.17, 15) is 13.2 Å². The number of nitrogens with zero attached hydrogens (tertiary/aromatic N) is 2. The third-order valence-corrected chi connectivity index (χ3v) is 7.88. The standard InChI is InChI=1S/C21H22ClF3N4O4S/c1-11(2)34(31,32)28-18-15-8-12-4-3-5-16(17(12)23)33-19-14(22)7-6-13(27-19)9-26-20(30)29(15)10-21(18,24)25/h3-7,11,15,18,28H,8-10H2,1-2H3,(H,26,30)/t15-,18+/m0/s1. The molecular weight excluding hydrogens is 497 g/mol. The van der Waals surface area contributed by atoms with Crippen molar-refractivity contribution in [3.05, 3.63) is 52.4 Å². The highest BCUT2D eigenvalue weighted by Gasteiger charge is 2.57. The van der Waals surface area contributed by atoms with Crippen LogP contribution < -0.4 is 14.8 Å². The van der Waals surface area contributed by atoms with Crippen molar-refractivity contribution in [2.75, 3.05) is 6.54 Å². The van der Waals surface area contributed by atoms with E-state index in [0.717, 1.165) is 4.90 Å². The zero-order valence-electron chi connectivity index (χ0n) is 18.2. The van der Waals surface area contributed by atoms with Gasteiger partial charge in [-0.15, -0.1) is 0 Å². The molecule has 13 heteroatoms. The Labute approximate surface area is 199 Å². The number of carbonyl (C=O) groups is 1. The highest BCUT2D eigenvalue weighted by atomic mass is 35.5. The van der Waals surface area contributed by atoms with E-state index in [4.69, 9.17) is 16.3 Å². The summed E-state index contributed by atoms with van der Waals surface area (Å²) in [5, 5.41) is 1.63. The first-order valence-electron chi connectivity index (χ1n) is 10.4. The van der Waals surface area contributed by atoms with E-state index in [-0.39, 0.29) is 28.8 Å². The van der Waals surface area contributed by atoms with E-state index in [0.29, 0.717) is 5.69 Å². The van der Waals surface area contributed by atoms with Gasteiger partial charge in [0.1, 0.15) is 11.1 Å². The number of amides is 2. The van der Waals surface area contributed by atoms with Crippen molar-refractivity contribution in [3.63, 3.8) is 0 Å². The zero-order valence-corrected chi connectivity index (χ0v) is 19.8. The highest BCUT2D eigenvalue weighted by Crippen LogP contribution is 2.37. The minimum atomic E-state index is -4.13. The Morgan fingerprint density at radius 3 is 2.74 bits per heavy atom. The van der Waals surface area contributed by atoms with E-state index in [1.54, 1.807) is 0 Å². The van der Waals surface area contributed by atoms with Gasteiger partial charge in [0.25, 0.3) is 5.92 Å². The lowest BCUT2D eigenvalue weighted by atomic mass is 9.98. The van der Waals surface area contributed by atoms with E-state index in [1.165, 1.54) is 44.2 Å². The van der Waals surface area contributed by atoms with Gasteiger partial charge in [-0.3, -0.25) is 0 Å². The average Bonchev–Trinajstić information content (AvgIpc) is 3.00. The molecule has 4 rings (SSSR count). The molecule has 2 amide bonds. The number of ether oxygens (including phenoxy) is 1. The predicted octanol–water partition coefficient (Wildman–Crippen LogP) is 3.45. The largest absolute Gasteiger partial charge is 0.434 e. The van der Waals surface area contributed by atoms with Crippen LogP contribution in [0, 0.1) is 5.82 Å². The van der Waals surface area contributed by atoms with Crippen LogP contribution in [0.2, 0.25) is 5.02 Å². The number of pyridine rings is 1. The summed E-state index contributed by atoms with van der Waals surface area (Å²) in [4.78, 5) is 17.9. The Hall–Kier alpha value is -2.57. The first kappa shape index (κ1) is 24.6. The van der Waals surface area contributed by atoms with Crippen LogP contribution in [0.1, 0.15) is 25.1 Å². The lowest BCUT2D eigenvalue weighted by molar-refractivity contribution is -0.00462. The van der Waals surface area contributed by atoms with E-state index < -0.39 is 58.1 Å². The molecule has 3 heterocycles. The fourth-order valence-electron chi connectivity index (χ4n) is 3.85. The van der Waals surface area contributed by atoms with E-state index in [1.807, 2.05) is 4.72 Å². The molecule has 34 heavy (non-hydrogen) atoms. The predicted molar refractivity (Wildman–Crippen MR) is 118 cm³/mol. The summed E-state index contributed by atoms with van der Waals surface area (Å²) in [7, 11) is -4.13. The molecule has 0 spiro atoms. The van der Waals surface area contributed by atoms with Crippen molar-refractivity contribution < 1.29 is 31.1 Å². The number of carbonyl (C=O) groups excluding carboxylic acids is 1. The van der Waals surface area contributed by atoms with Crippen molar-refractivity contribution in [2.45, 2.75) is 50.1 Å². The second-order valence-corrected chi connectivity index (χ2v) is 11.1. The molecule has 0 aliphatic carbocycles. The molecule has 1 fully saturated rings. The van der Waals surface area contributed by atoms with Gasteiger partial charge in [-0.1, -0.05) is 23.7 Å². The minimum absolute atomic E-state index is 0.0433. The van der Waals surface area contributed by atoms with Crippen LogP contribution in [0.3, 0.4) is 0 Å². The number of aromatic nitrogens is 1. The lowest BCUT2D eigenvalue weighted by Gasteiger charge is -2.29. The maximum atomic E-state index is 15.3. The number of sulfonamides is 1. The maximum Gasteiger partial charge on any atom is 0.318 e. The summed E-state index contributed by atoms with van der Waals surface area (Å²) in [5.41, 5.74) is 0.251. The normalized spacial score (nSPS) is 22.2. The molecule has 8 nitrogen and oxygen atoms in total. The van der Waals surface area contributed by atoms with Crippen LogP contribution in [0.25, 0.3) is 0 Å². The molecule has 0 radical (unpaired) electrons. The van der Waals surface area contributed by atoms with Crippen molar-refractivity contribution in [1.82, 2.24) is 19.9 Å². The van der Waals surface area contributed by atoms with Gasteiger partial charge in [0.05, 0.1) is 30.1 Å². The number of halogens is 4. The fourth-order valence-corrected chi connectivity index (χ4v) is 4.95. The van der Waals surface area contributed by atoms with Crippen LogP contribution in [-0.2, 0) is 23.0 Å². The summed E-state index contributed by atoms with van der Waals surface area (Å²) >= 11 is 6.11. The molecule has 2 aliphatic rings. The van der Waals surface area contributed by atoms with Gasteiger partial charge in [0.15, 0.2) is 11.6 Å².